The maximum absolute atomic E-state index is 9.02. The smallest absolute Gasteiger partial charge is 0.200 e. The van der Waals surface area contributed by atoms with Crippen molar-refractivity contribution in [2.45, 2.75) is 18.9 Å². The Hall–Kier alpha value is -1.47. The molecule has 2 aromatic rings. The van der Waals surface area contributed by atoms with Crippen LogP contribution >= 0.6 is 12.2 Å². The number of nitrogens with zero attached hydrogens (tertiary/aromatic N) is 3. The van der Waals surface area contributed by atoms with E-state index in [1.807, 2.05) is 4.57 Å². The quantitative estimate of drug-likeness (QED) is 0.693. The van der Waals surface area contributed by atoms with Crippen molar-refractivity contribution in [3.63, 3.8) is 0 Å². The lowest BCUT2D eigenvalue weighted by molar-refractivity contribution is 0.114. The minimum absolute atomic E-state index is 0.253. The third kappa shape index (κ3) is 1.62. The van der Waals surface area contributed by atoms with Crippen LogP contribution in [0.1, 0.15) is 18.9 Å². The number of fused-ring (bicyclic) bond motifs is 1. The Morgan fingerprint density at radius 1 is 1.59 bits per heavy atom. The molecule has 4 N–H and O–H groups in total. The maximum Gasteiger partial charge on any atom is 0.200 e. The molecule has 0 unspecified atom stereocenters. The predicted octanol–water partition coefficient (Wildman–Crippen LogP) is 1.01. The predicted molar refractivity (Wildman–Crippen MR) is 66.0 cm³/mol. The number of nitrogen functional groups attached to an aromatic ring is 1. The lowest BCUT2D eigenvalue weighted by Gasteiger charge is -2.35. The van der Waals surface area contributed by atoms with Gasteiger partial charge in [0.2, 0.25) is 0 Å². The first kappa shape index (κ1) is 10.7. The van der Waals surface area contributed by atoms with Gasteiger partial charge in [-0.25, -0.2) is 9.97 Å². The van der Waals surface area contributed by atoms with Gasteiger partial charge in [0.25, 0.3) is 0 Å². The number of hydrogen-bond acceptors (Lipinski definition) is 5. The number of imidazole rings is 1. The summed E-state index contributed by atoms with van der Waals surface area (Å²) in [5, 5.41) is 9.02. The third-order valence-corrected chi connectivity index (χ3v) is 3.61. The molecule has 7 heteroatoms. The summed E-state index contributed by atoms with van der Waals surface area (Å²) in [6.45, 7) is 0.253. The van der Waals surface area contributed by atoms with E-state index in [2.05, 4.69) is 15.0 Å². The molecule has 1 fully saturated rings. The molecule has 0 radical (unpaired) electrons. The van der Waals surface area contributed by atoms with E-state index in [9.17, 15) is 0 Å². The van der Waals surface area contributed by atoms with Crippen molar-refractivity contribution in [1.82, 2.24) is 19.5 Å². The summed E-state index contributed by atoms with van der Waals surface area (Å²) in [7, 11) is 0. The number of aliphatic hydroxyl groups excluding tert-OH is 1. The molecule has 1 aliphatic carbocycles. The fourth-order valence-corrected chi connectivity index (χ4v) is 2.55. The van der Waals surface area contributed by atoms with Crippen molar-refractivity contribution >= 4 is 29.3 Å². The van der Waals surface area contributed by atoms with Crippen LogP contribution in [0.25, 0.3) is 11.2 Å². The number of nitrogens with two attached hydrogens (primary N) is 1. The monoisotopic (exact) mass is 251 g/mol. The summed E-state index contributed by atoms with van der Waals surface area (Å²) in [5.41, 5.74) is 7.16. The molecule has 17 heavy (non-hydrogen) atoms. The van der Waals surface area contributed by atoms with Gasteiger partial charge in [0, 0.05) is 12.6 Å². The Kier molecular flexibility index (Phi) is 2.37. The normalized spacial score (nSPS) is 23.8. The van der Waals surface area contributed by atoms with Gasteiger partial charge in [-0.05, 0) is 18.8 Å². The second-order valence-corrected chi connectivity index (χ2v) is 4.84. The highest BCUT2D eigenvalue weighted by molar-refractivity contribution is 7.71. The first-order valence-corrected chi connectivity index (χ1v) is 5.93. The minimum atomic E-state index is 0.253. The van der Waals surface area contributed by atoms with Crippen molar-refractivity contribution in [2.75, 3.05) is 12.3 Å². The molecule has 1 aliphatic rings. The van der Waals surface area contributed by atoms with Gasteiger partial charge in [-0.3, -0.25) is 0 Å². The number of hydrogen-bond donors (Lipinski definition) is 3. The van der Waals surface area contributed by atoms with Crippen molar-refractivity contribution in [3.05, 3.63) is 11.0 Å². The average molecular weight is 251 g/mol. The Bertz CT molecular complexity index is 613. The van der Waals surface area contributed by atoms with E-state index in [4.69, 9.17) is 23.1 Å². The van der Waals surface area contributed by atoms with E-state index < -0.39 is 0 Å². The van der Waals surface area contributed by atoms with Crippen LogP contribution in [-0.4, -0.2) is 31.2 Å². The summed E-state index contributed by atoms with van der Waals surface area (Å²) < 4.78 is 2.46. The highest BCUT2D eigenvalue weighted by atomic mass is 32.1. The first-order chi connectivity index (χ1) is 8.19. The first-order valence-electron chi connectivity index (χ1n) is 5.52. The molecule has 0 spiro atoms. The second-order valence-electron chi connectivity index (χ2n) is 4.45. The molecule has 0 atom stereocenters. The number of H-pyrrole nitrogens is 1. The Morgan fingerprint density at radius 2 is 2.35 bits per heavy atom. The van der Waals surface area contributed by atoms with Gasteiger partial charge in [0.15, 0.2) is 10.6 Å². The summed E-state index contributed by atoms with van der Waals surface area (Å²) >= 11 is 5.11. The highest BCUT2D eigenvalue weighted by Crippen LogP contribution is 2.38. The minimum Gasteiger partial charge on any atom is -0.396 e. The number of rotatable bonds is 2. The van der Waals surface area contributed by atoms with Gasteiger partial charge in [-0.2, -0.15) is 0 Å². The molecule has 0 amide bonds. The second kappa shape index (κ2) is 3.78. The number of nitrogens with one attached hydrogen (secondary N) is 1. The van der Waals surface area contributed by atoms with Gasteiger partial charge in [-0.15, -0.1) is 0 Å². The van der Waals surface area contributed by atoms with E-state index >= 15 is 0 Å². The van der Waals surface area contributed by atoms with E-state index in [-0.39, 0.29) is 6.61 Å². The molecule has 3 rings (SSSR count). The van der Waals surface area contributed by atoms with Gasteiger partial charge in [0.1, 0.15) is 11.2 Å². The molecule has 0 aromatic carbocycles. The molecule has 1 saturated carbocycles. The Morgan fingerprint density at radius 3 is 3.06 bits per heavy atom. The molecule has 2 heterocycles. The Balaban J connectivity index is 2.04. The van der Waals surface area contributed by atoms with Gasteiger partial charge < -0.3 is 20.4 Å². The Labute approximate surface area is 103 Å². The van der Waals surface area contributed by atoms with E-state index in [1.165, 1.54) is 0 Å². The molecule has 0 bridgehead atoms. The zero-order valence-corrected chi connectivity index (χ0v) is 9.94. The van der Waals surface area contributed by atoms with Crippen LogP contribution in [0.4, 0.5) is 5.95 Å². The van der Waals surface area contributed by atoms with Crippen LogP contribution in [-0.2, 0) is 0 Å². The van der Waals surface area contributed by atoms with Crippen LogP contribution in [0.2, 0.25) is 0 Å². The van der Waals surface area contributed by atoms with Crippen molar-refractivity contribution < 1.29 is 5.11 Å². The molecular formula is C10H13N5OS. The molecule has 90 valence electrons. The number of aliphatic hydroxyl groups is 1. The maximum atomic E-state index is 9.02. The molecule has 0 aliphatic heterocycles. The van der Waals surface area contributed by atoms with Crippen molar-refractivity contribution in [3.8, 4) is 0 Å². The average Bonchev–Trinajstić information content (AvgIpc) is 2.61. The van der Waals surface area contributed by atoms with Crippen LogP contribution < -0.4 is 5.73 Å². The summed E-state index contributed by atoms with van der Waals surface area (Å²) in [6, 6.07) is 0.365. The zero-order chi connectivity index (χ0) is 12.0. The lowest BCUT2D eigenvalue weighted by atomic mass is 9.81. The number of anilines is 1. The zero-order valence-electron chi connectivity index (χ0n) is 9.13. The van der Waals surface area contributed by atoms with Crippen LogP contribution in [0.5, 0.6) is 0 Å². The molecular weight excluding hydrogens is 238 g/mol. The van der Waals surface area contributed by atoms with Gasteiger partial charge in [-0.1, -0.05) is 12.2 Å². The summed E-state index contributed by atoms with van der Waals surface area (Å²) in [4.78, 5) is 11.2. The van der Waals surface area contributed by atoms with Crippen molar-refractivity contribution in [2.24, 2.45) is 5.92 Å². The molecule has 0 saturated heterocycles. The van der Waals surface area contributed by atoms with Gasteiger partial charge >= 0.3 is 0 Å². The van der Waals surface area contributed by atoms with Crippen molar-refractivity contribution in [1.29, 1.82) is 0 Å². The lowest BCUT2D eigenvalue weighted by Crippen LogP contribution is -2.28. The third-order valence-electron chi connectivity index (χ3n) is 3.33. The standard InChI is InChI=1S/C10H13N5OS/c11-10-13-8-7(9(17)14-10)12-4-15(8)6-1-5(2-6)3-16/h4-6,16H,1-3H2,(H3,11,13,14,17). The SMILES string of the molecule is Nc1nc(=S)c2ncn(C3CC(CO)C3)c2[nH]1. The van der Waals surface area contributed by atoms with E-state index in [0.717, 1.165) is 18.5 Å². The summed E-state index contributed by atoms with van der Waals surface area (Å²) in [6.07, 6.45) is 3.69. The number of aromatic amines is 1. The van der Waals surface area contributed by atoms with Crippen LogP contribution in [0.15, 0.2) is 6.33 Å². The molecule has 2 aromatic heterocycles. The van der Waals surface area contributed by atoms with Crippen LogP contribution in [0, 0.1) is 10.6 Å². The highest BCUT2D eigenvalue weighted by Gasteiger charge is 2.30. The largest absolute Gasteiger partial charge is 0.396 e. The fourth-order valence-electron chi connectivity index (χ4n) is 2.31. The topological polar surface area (TPSA) is 92.8 Å². The fraction of sp³-hybridized carbons (Fsp3) is 0.500. The van der Waals surface area contributed by atoms with E-state index in [0.29, 0.717) is 28.1 Å². The van der Waals surface area contributed by atoms with E-state index in [1.54, 1.807) is 6.33 Å². The van der Waals surface area contributed by atoms with Crippen LogP contribution in [0.3, 0.4) is 0 Å². The van der Waals surface area contributed by atoms with Gasteiger partial charge in [0.05, 0.1) is 6.33 Å². The molecule has 6 nitrogen and oxygen atoms in total. The summed E-state index contributed by atoms with van der Waals surface area (Å²) in [5.74, 6) is 0.710. The number of aromatic nitrogens is 4.